The SMILES string of the molecule is O=C1NCC1NC(=O)C(NC(=O)C1CCCN1C(=O)OCc1ccccc1)c1ccco1. The summed E-state index contributed by atoms with van der Waals surface area (Å²) in [6, 6.07) is 9.87. The number of nitrogens with zero attached hydrogens (tertiary/aromatic N) is 1. The fourth-order valence-corrected chi connectivity index (χ4v) is 3.68. The van der Waals surface area contributed by atoms with Gasteiger partial charge in [-0.1, -0.05) is 30.3 Å². The normalized spacial score (nSPS) is 20.6. The number of likely N-dealkylation sites (tertiary alicyclic amines) is 1. The molecule has 3 atom stereocenters. The molecule has 0 saturated carbocycles. The third-order valence-corrected chi connectivity index (χ3v) is 5.48. The Bertz CT molecular complexity index is 978. The van der Waals surface area contributed by atoms with E-state index in [1.807, 2.05) is 30.3 Å². The average molecular weight is 440 g/mol. The molecule has 4 rings (SSSR count). The van der Waals surface area contributed by atoms with Crippen molar-refractivity contribution >= 4 is 23.8 Å². The van der Waals surface area contributed by atoms with Gasteiger partial charge in [-0.15, -0.1) is 0 Å². The minimum atomic E-state index is -1.13. The van der Waals surface area contributed by atoms with Crippen molar-refractivity contribution < 1.29 is 28.3 Å². The van der Waals surface area contributed by atoms with Gasteiger partial charge in [0.2, 0.25) is 11.8 Å². The minimum Gasteiger partial charge on any atom is -0.467 e. The van der Waals surface area contributed by atoms with Crippen LogP contribution in [-0.4, -0.2) is 53.9 Å². The Balaban J connectivity index is 1.39. The van der Waals surface area contributed by atoms with Gasteiger partial charge >= 0.3 is 6.09 Å². The molecule has 10 nitrogen and oxygen atoms in total. The van der Waals surface area contributed by atoms with Crippen LogP contribution in [0.15, 0.2) is 53.1 Å². The van der Waals surface area contributed by atoms with E-state index in [9.17, 15) is 19.2 Å². The lowest BCUT2D eigenvalue weighted by Crippen LogP contribution is -2.63. The summed E-state index contributed by atoms with van der Waals surface area (Å²) in [7, 11) is 0. The van der Waals surface area contributed by atoms with Crippen LogP contribution in [0.5, 0.6) is 0 Å². The van der Waals surface area contributed by atoms with Crippen molar-refractivity contribution in [3.05, 3.63) is 60.1 Å². The van der Waals surface area contributed by atoms with Gasteiger partial charge in [-0.25, -0.2) is 4.79 Å². The predicted molar refractivity (Wildman–Crippen MR) is 111 cm³/mol. The van der Waals surface area contributed by atoms with E-state index in [2.05, 4.69) is 16.0 Å². The van der Waals surface area contributed by atoms with Gasteiger partial charge in [0.1, 0.15) is 24.5 Å². The maximum atomic E-state index is 13.0. The largest absolute Gasteiger partial charge is 0.467 e. The summed E-state index contributed by atoms with van der Waals surface area (Å²) in [5.74, 6) is -1.11. The van der Waals surface area contributed by atoms with Crippen molar-refractivity contribution in [1.29, 1.82) is 0 Å². The van der Waals surface area contributed by atoms with Crippen molar-refractivity contribution in [2.24, 2.45) is 0 Å². The second-order valence-electron chi connectivity index (χ2n) is 7.65. The smallest absolute Gasteiger partial charge is 0.410 e. The first kappa shape index (κ1) is 21.4. The molecule has 2 aromatic rings. The lowest BCUT2D eigenvalue weighted by molar-refractivity contribution is -0.136. The molecule has 2 aliphatic heterocycles. The standard InChI is InChI=1S/C22H24N4O6/c27-19-15(12-23-19)24-21(29)18(17-9-5-11-31-17)25-20(28)16-8-4-10-26(16)22(30)32-13-14-6-2-1-3-7-14/h1-3,5-7,9,11,15-16,18H,4,8,10,12-13H2,(H,23,27)(H,24,29)(H,25,28). The second-order valence-corrected chi connectivity index (χ2v) is 7.65. The number of nitrogens with one attached hydrogen (secondary N) is 3. The zero-order valence-electron chi connectivity index (χ0n) is 17.3. The Morgan fingerprint density at radius 1 is 1.19 bits per heavy atom. The molecule has 0 radical (unpaired) electrons. The van der Waals surface area contributed by atoms with Crippen LogP contribution in [0.1, 0.15) is 30.2 Å². The molecule has 2 saturated heterocycles. The third kappa shape index (κ3) is 4.74. The third-order valence-electron chi connectivity index (χ3n) is 5.48. The lowest BCUT2D eigenvalue weighted by atomic mass is 10.1. The molecule has 0 aliphatic carbocycles. The number of hydrogen-bond donors (Lipinski definition) is 3. The van der Waals surface area contributed by atoms with Crippen LogP contribution >= 0.6 is 0 Å². The molecule has 168 valence electrons. The van der Waals surface area contributed by atoms with Gasteiger partial charge in [-0.05, 0) is 30.5 Å². The molecule has 3 unspecified atom stereocenters. The predicted octanol–water partition coefficient (Wildman–Crippen LogP) is 0.853. The lowest BCUT2D eigenvalue weighted by Gasteiger charge is -2.29. The average Bonchev–Trinajstić information content (AvgIpc) is 3.51. The quantitative estimate of drug-likeness (QED) is 0.548. The highest BCUT2D eigenvalue weighted by Gasteiger charge is 2.39. The van der Waals surface area contributed by atoms with Gasteiger partial charge in [0.15, 0.2) is 6.04 Å². The summed E-state index contributed by atoms with van der Waals surface area (Å²) in [6.45, 7) is 0.810. The first-order valence-corrected chi connectivity index (χ1v) is 10.4. The van der Waals surface area contributed by atoms with Gasteiger partial charge in [-0.2, -0.15) is 0 Å². The summed E-state index contributed by atoms with van der Waals surface area (Å²) in [5.41, 5.74) is 0.843. The van der Waals surface area contributed by atoms with E-state index in [1.54, 1.807) is 12.1 Å². The molecule has 0 bridgehead atoms. The number of hydrogen-bond acceptors (Lipinski definition) is 6. The Morgan fingerprint density at radius 2 is 2.00 bits per heavy atom. The van der Waals surface area contributed by atoms with Crippen molar-refractivity contribution in [2.75, 3.05) is 13.1 Å². The van der Waals surface area contributed by atoms with Gasteiger partial charge in [0.25, 0.3) is 5.91 Å². The Hall–Kier alpha value is -3.82. The molecule has 1 aromatic carbocycles. The summed E-state index contributed by atoms with van der Waals surface area (Å²) in [4.78, 5) is 51.2. The fourth-order valence-electron chi connectivity index (χ4n) is 3.68. The maximum Gasteiger partial charge on any atom is 0.410 e. The van der Waals surface area contributed by atoms with E-state index in [0.717, 1.165) is 5.56 Å². The minimum absolute atomic E-state index is 0.103. The Labute approximate surface area is 184 Å². The molecule has 1 aromatic heterocycles. The monoisotopic (exact) mass is 440 g/mol. The summed E-state index contributed by atoms with van der Waals surface area (Å²) in [5, 5.41) is 7.80. The van der Waals surface area contributed by atoms with Crippen molar-refractivity contribution in [2.45, 2.75) is 37.6 Å². The molecule has 2 fully saturated rings. The molecule has 32 heavy (non-hydrogen) atoms. The van der Waals surface area contributed by atoms with E-state index < -0.39 is 36.0 Å². The topological polar surface area (TPSA) is 130 Å². The number of rotatable bonds is 7. The van der Waals surface area contributed by atoms with Gasteiger partial charge in [-0.3, -0.25) is 19.3 Å². The first-order valence-electron chi connectivity index (χ1n) is 10.4. The maximum absolute atomic E-state index is 13.0. The zero-order valence-corrected chi connectivity index (χ0v) is 17.3. The van der Waals surface area contributed by atoms with E-state index in [-0.39, 0.29) is 18.3 Å². The summed E-state index contributed by atoms with van der Waals surface area (Å²) in [6.07, 6.45) is 1.89. The van der Waals surface area contributed by atoms with E-state index in [0.29, 0.717) is 25.9 Å². The van der Waals surface area contributed by atoms with E-state index in [4.69, 9.17) is 9.15 Å². The Kier molecular flexibility index (Phi) is 6.39. The van der Waals surface area contributed by atoms with Gasteiger partial charge in [0, 0.05) is 13.1 Å². The van der Waals surface area contributed by atoms with Crippen LogP contribution in [0.3, 0.4) is 0 Å². The highest BCUT2D eigenvalue weighted by molar-refractivity contribution is 5.96. The zero-order chi connectivity index (χ0) is 22.5. The van der Waals surface area contributed by atoms with Crippen LogP contribution in [-0.2, 0) is 25.7 Å². The molecular formula is C22H24N4O6. The number of benzene rings is 1. The number of carbonyl (C=O) groups excluding carboxylic acids is 4. The number of β-lactam (4-membered cyclic amide) rings is 1. The van der Waals surface area contributed by atoms with E-state index in [1.165, 1.54) is 11.2 Å². The number of carbonyl (C=O) groups is 4. The molecule has 3 N–H and O–H groups in total. The molecule has 4 amide bonds. The highest BCUT2D eigenvalue weighted by atomic mass is 16.6. The van der Waals surface area contributed by atoms with Crippen LogP contribution in [0.4, 0.5) is 4.79 Å². The van der Waals surface area contributed by atoms with Crippen molar-refractivity contribution in [3.8, 4) is 0 Å². The van der Waals surface area contributed by atoms with Crippen molar-refractivity contribution in [1.82, 2.24) is 20.9 Å². The van der Waals surface area contributed by atoms with Gasteiger partial charge < -0.3 is 25.1 Å². The van der Waals surface area contributed by atoms with Gasteiger partial charge in [0.05, 0.1) is 6.26 Å². The number of furan rings is 1. The van der Waals surface area contributed by atoms with E-state index >= 15 is 0 Å². The summed E-state index contributed by atoms with van der Waals surface area (Å²) >= 11 is 0. The molecule has 10 heteroatoms. The van der Waals surface area contributed by atoms with Crippen LogP contribution in [0.25, 0.3) is 0 Å². The molecular weight excluding hydrogens is 416 g/mol. The molecule has 2 aliphatic rings. The Morgan fingerprint density at radius 3 is 2.66 bits per heavy atom. The van der Waals surface area contributed by atoms with Crippen molar-refractivity contribution in [3.63, 3.8) is 0 Å². The second kappa shape index (κ2) is 9.54. The number of ether oxygens (including phenoxy) is 1. The summed E-state index contributed by atoms with van der Waals surface area (Å²) < 4.78 is 10.7. The number of amides is 4. The van der Waals surface area contributed by atoms with Crippen LogP contribution in [0, 0.1) is 0 Å². The first-order chi connectivity index (χ1) is 15.5. The van der Waals surface area contributed by atoms with Crippen LogP contribution in [0.2, 0.25) is 0 Å². The fraction of sp³-hybridized carbons (Fsp3) is 0.364. The highest BCUT2D eigenvalue weighted by Crippen LogP contribution is 2.21. The molecule has 3 heterocycles. The van der Waals surface area contributed by atoms with Crippen LogP contribution < -0.4 is 16.0 Å². The molecule has 0 spiro atoms.